The fraction of sp³-hybridized carbons (Fsp3) is 0.875. The Hall–Kier alpha value is -0.210. The molecule has 2 aliphatic heterocycles. The quantitative estimate of drug-likeness (QED) is 0.714. The van der Waals surface area contributed by atoms with E-state index >= 15 is 0 Å². The maximum absolute atomic E-state index is 6.69. The second kappa shape index (κ2) is 6.49. The summed E-state index contributed by atoms with van der Waals surface area (Å²) in [6.07, 6.45) is 13.1. The van der Waals surface area contributed by atoms with Gasteiger partial charge in [0.15, 0.2) is 0 Å². The summed E-state index contributed by atoms with van der Waals surface area (Å²) in [7, 11) is 0. The molecule has 0 aromatic rings. The van der Waals surface area contributed by atoms with Gasteiger partial charge < -0.3 is 9.80 Å². The van der Waals surface area contributed by atoms with Crippen molar-refractivity contribution in [3.8, 4) is 0 Å². The Kier molecular flexibility index (Phi) is 4.70. The second-order valence-electron chi connectivity index (χ2n) is 6.37. The molecule has 2 fully saturated rings. The topological polar surface area (TPSA) is 6.48 Å². The van der Waals surface area contributed by atoms with Crippen molar-refractivity contribution in [3.63, 3.8) is 0 Å². The lowest BCUT2D eigenvalue weighted by Gasteiger charge is -2.41. The van der Waals surface area contributed by atoms with Gasteiger partial charge in [0, 0.05) is 24.8 Å². The van der Waals surface area contributed by atoms with E-state index in [4.69, 9.17) is 11.6 Å². The Balaban J connectivity index is 1.60. The number of nitrogens with zero attached hydrogens (tertiary/aromatic N) is 2. The van der Waals surface area contributed by atoms with E-state index in [0.29, 0.717) is 6.04 Å². The van der Waals surface area contributed by atoms with Crippen LogP contribution >= 0.6 is 11.6 Å². The van der Waals surface area contributed by atoms with Crippen LogP contribution in [0.25, 0.3) is 0 Å². The summed E-state index contributed by atoms with van der Waals surface area (Å²) in [5.74, 6) is 0. The van der Waals surface area contributed by atoms with Crippen LogP contribution in [0.5, 0.6) is 0 Å². The van der Waals surface area contributed by atoms with Gasteiger partial charge in [-0.3, -0.25) is 0 Å². The maximum atomic E-state index is 6.69. The van der Waals surface area contributed by atoms with Crippen LogP contribution in [0.2, 0.25) is 0 Å². The molecule has 2 unspecified atom stereocenters. The number of halogens is 1. The van der Waals surface area contributed by atoms with Crippen LogP contribution in [0.15, 0.2) is 11.8 Å². The van der Waals surface area contributed by atoms with Crippen LogP contribution in [-0.4, -0.2) is 47.4 Å². The van der Waals surface area contributed by atoms with E-state index in [2.05, 4.69) is 15.9 Å². The molecule has 3 heteroatoms. The Morgan fingerprint density at radius 3 is 2.16 bits per heavy atom. The van der Waals surface area contributed by atoms with Gasteiger partial charge in [-0.2, -0.15) is 0 Å². The van der Waals surface area contributed by atoms with Gasteiger partial charge in [0.25, 0.3) is 0 Å². The predicted octanol–water partition coefficient (Wildman–Crippen LogP) is 3.61. The van der Waals surface area contributed by atoms with Crippen molar-refractivity contribution in [2.45, 2.75) is 62.8 Å². The number of piperidine rings is 2. The number of alkyl halides is 1. The van der Waals surface area contributed by atoms with E-state index < -0.39 is 0 Å². The Morgan fingerprint density at radius 2 is 1.53 bits per heavy atom. The smallest absolute Gasteiger partial charge is 0.0745 e. The molecule has 0 aromatic carbocycles. The molecule has 108 valence electrons. The lowest BCUT2D eigenvalue weighted by Crippen LogP contribution is -2.44. The highest BCUT2D eigenvalue weighted by atomic mass is 35.5. The third-order valence-electron chi connectivity index (χ3n) is 5.03. The standard InChI is InChI=1S/C16H27ClN2/c17-15-13-14(18-9-3-1-4-10-18)7-8-16(15)19-11-5-2-6-12-19/h8,14-15H,1-7,9-13H2. The van der Waals surface area contributed by atoms with Crippen LogP contribution in [0.4, 0.5) is 0 Å². The average Bonchev–Trinajstić information content (AvgIpc) is 2.49. The highest BCUT2D eigenvalue weighted by Crippen LogP contribution is 2.31. The molecule has 2 atom stereocenters. The van der Waals surface area contributed by atoms with Crippen molar-refractivity contribution in [1.82, 2.24) is 9.80 Å². The third kappa shape index (κ3) is 3.28. The van der Waals surface area contributed by atoms with E-state index in [0.717, 1.165) is 6.42 Å². The number of allylic oxidation sites excluding steroid dienone is 1. The minimum Gasteiger partial charge on any atom is -0.374 e. The molecule has 0 aromatic heterocycles. The predicted molar refractivity (Wildman–Crippen MR) is 81.6 cm³/mol. The van der Waals surface area contributed by atoms with Gasteiger partial charge in [-0.1, -0.05) is 12.5 Å². The van der Waals surface area contributed by atoms with Gasteiger partial charge in [-0.05, 0) is 58.0 Å². The van der Waals surface area contributed by atoms with Crippen molar-refractivity contribution in [3.05, 3.63) is 11.8 Å². The first-order valence-corrected chi connectivity index (χ1v) is 8.61. The molecule has 0 amide bonds. The zero-order valence-corrected chi connectivity index (χ0v) is 12.7. The van der Waals surface area contributed by atoms with Gasteiger partial charge in [0.05, 0.1) is 5.38 Å². The molecular formula is C16H27ClN2. The monoisotopic (exact) mass is 282 g/mol. The summed E-state index contributed by atoms with van der Waals surface area (Å²) in [4.78, 5) is 5.23. The zero-order valence-electron chi connectivity index (χ0n) is 12.0. The van der Waals surface area contributed by atoms with Crippen molar-refractivity contribution >= 4 is 11.6 Å². The molecule has 0 N–H and O–H groups in total. The normalized spacial score (nSPS) is 34.2. The average molecular weight is 283 g/mol. The van der Waals surface area contributed by atoms with E-state index in [1.165, 1.54) is 76.8 Å². The zero-order chi connectivity index (χ0) is 13.1. The molecule has 0 spiro atoms. The first-order chi connectivity index (χ1) is 9.34. The number of rotatable bonds is 2. The lowest BCUT2D eigenvalue weighted by molar-refractivity contribution is 0.146. The minimum absolute atomic E-state index is 0.249. The number of likely N-dealkylation sites (tertiary alicyclic amines) is 2. The summed E-state index contributed by atoms with van der Waals surface area (Å²) in [6, 6.07) is 0.705. The largest absolute Gasteiger partial charge is 0.374 e. The lowest BCUT2D eigenvalue weighted by atomic mass is 9.94. The van der Waals surface area contributed by atoms with Crippen LogP contribution in [0.1, 0.15) is 51.4 Å². The van der Waals surface area contributed by atoms with Gasteiger partial charge in [0.1, 0.15) is 0 Å². The Labute approximate surface area is 122 Å². The van der Waals surface area contributed by atoms with Crippen molar-refractivity contribution in [2.75, 3.05) is 26.2 Å². The Bertz CT molecular complexity index is 317. The van der Waals surface area contributed by atoms with Crippen molar-refractivity contribution in [2.24, 2.45) is 0 Å². The fourth-order valence-electron chi connectivity index (χ4n) is 3.90. The molecule has 19 heavy (non-hydrogen) atoms. The summed E-state index contributed by atoms with van der Waals surface area (Å²) in [5, 5.41) is 0.249. The van der Waals surface area contributed by atoms with Crippen LogP contribution < -0.4 is 0 Å². The van der Waals surface area contributed by atoms with Crippen LogP contribution in [0.3, 0.4) is 0 Å². The summed E-state index contributed by atoms with van der Waals surface area (Å²) >= 11 is 6.69. The van der Waals surface area contributed by atoms with E-state index in [9.17, 15) is 0 Å². The minimum atomic E-state index is 0.249. The maximum Gasteiger partial charge on any atom is 0.0745 e. The van der Waals surface area contributed by atoms with Gasteiger partial charge in [-0.25, -0.2) is 0 Å². The third-order valence-corrected chi connectivity index (χ3v) is 5.43. The molecule has 0 saturated carbocycles. The molecule has 2 nitrogen and oxygen atoms in total. The fourth-order valence-corrected chi connectivity index (χ4v) is 4.33. The van der Waals surface area contributed by atoms with E-state index in [1.807, 2.05) is 0 Å². The highest BCUT2D eigenvalue weighted by molar-refractivity contribution is 6.22. The van der Waals surface area contributed by atoms with Crippen molar-refractivity contribution < 1.29 is 0 Å². The number of hydrogen-bond acceptors (Lipinski definition) is 2. The van der Waals surface area contributed by atoms with Gasteiger partial charge >= 0.3 is 0 Å². The Morgan fingerprint density at radius 1 is 0.895 bits per heavy atom. The molecule has 2 saturated heterocycles. The number of hydrogen-bond donors (Lipinski definition) is 0. The molecule has 0 bridgehead atoms. The second-order valence-corrected chi connectivity index (χ2v) is 6.89. The van der Waals surface area contributed by atoms with Gasteiger partial charge in [0.2, 0.25) is 0 Å². The molecule has 1 aliphatic carbocycles. The van der Waals surface area contributed by atoms with Crippen LogP contribution in [0, 0.1) is 0 Å². The highest BCUT2D eigenvalue weighted by Gasteiger charge is 2.30. The van der Waals surface area contributed by atoms with E-state index in [-0.39, 0.29) is 5.38 Å². The first kappa shape index (κ1) is 13.8. The summed E-state index contributed by atoms with van der Waals surface area (Å²) < 4.78 is 0. The van der Waals surface area contributed by atoms with E-state index in [1.54, 1.807) is 0 Å². The molecule has 3 aliphatic rings. The molecule has 2 heterocycles. The van der Waals surface area contributed by atoms with Crippen LogP contribution in [-0.2, 0) is 0 Å². The summed E-state index contributed by atoms with van der Waals surface area (Å²) in [6.45, 7) is 5.04. The molecule has 0 radical (unpaired) electrons. The SMILES string of the molecule is ClC1CC(N2CCCCC2)CC=C1N1CCCCC1. The molecular weight excluding hydrogens is 256 g/mol. The molecule has 3 rings (SSSR count). The van der Waals surface area contributed by atoms with Gasteiger partial charge in [-0.15, -0.1) is 11.6 Å². The summed E-state index contributed by atoms with van der Waals surface area (Å²) in [5.41, 5.74) is 1.44. The van der Waals surface area contributed by atoms with Crippen molar-refractivity contribution in [1.29, 1.82) is 0 Å². The first-order valence-electron chi connectivity index (χ1n) is 8.18.